The minimum Gasteiger partial charge on any atom is -0.479 e. The Morgan fingerprint density at radius 3 is 2.86 bits per heavy atom. The molecule has 1 atom stereocenters. The van der Waals surface area contributed by atoms with Crippen molar-refractivity contribution in [1.82, 2.24) is 34.5 Å². The topological polar surface area (TPSA) is 102 Å². The van der Waals surface area contributed by atoms with Crippen LogP contribution in [-0.4, -0.2) is 79.2 Å². The summed E-state index contributed by atoms with van der Waals surface area (Å²) in [6.07, 6.45) is 2.08. The van der Waals surface area contributed by atoms with E-state index in [0.29, 0.717) is 24.0 Å². The van der Waals surface area contributed by atoms with Crippen molar-refractivity contribution in [1.29, 1.82) is 0 Å². The number of likely N-dealkylation sites (tertiary alicyclic amines) is 1. The molecule has 0 unspecified atom stereocenters. The summed E-state index contributed by atoms with van der Waals surface area (Å²) >= 11 is 0. The van der Waals surface area contributed by atoms with Crippen LogP contribution >= 0.6 is 0 Å². The number of ether oxygens (including phenoxy) is 1. The van der Waals surface area contributed by atoms with Gasteiger partial charge < -0.3 is 15.0 Å². The summed E-state index contributed by atoms with van der Waals surface area (Å²) in [5.41, 5.74) is 3.59. The Kier molecular flexibility index (Phi) is 6.14. The monoisotopic (exact) mass is 502 g/mol. The van der Waals surface area contributed by atoms with E-state index in [1.807, 2.05) is 24.3 Å². The van der Waals surface area contributed by atoms with E-state index in [2.05, 4.69) is 25.7 Å². The van der Waals surface area contributed by atoms with Crippen LogP contribution in [0, 0.1) is 0 Å². The van der Waals surface area contributed by atoms with Gasteiger partial charge in [0.05, 0.1) is 31.9 Å². The van der Waals surface area contributed by atoms with Gasteiger partial charge in [-0.15, -0.1) is 10.2 Å². The molecule has 0 radical (unpaired) electrons. The number of carbonyl (C=O) groups is 1. The predicted molar refractivity (Wildman–Crippen MR) is 126 cm³/mol. The first kappa shape index (κ1) is 23.8. The quantitative estimate of drug-likeness (QED) is 0.414. The third-order valence-corrected chi connectivity index (χ3v) is 6.35. The molecule has 0 spiro atoms. The van der Waals surface area contributed by atoms with Gasteiger partial charge in [-0.05, 0) is 36.6 Å². The summed E-state index contributed by atoms with van der Waals surface area (Å²) in [5.74, 6) is -3.33. The van der Waals surface area contributed by atoms with Gasteiger partial charge in [-0.25, -0.2) is 18.0 Å². The zero-order valence-corrected chi connectivity index (χ0v) is 19.8. The summed E-state index contributed by atoms with van der Waals surface area (Å²) in [7, 11) is 1.45. The number of nitrogens with zero attached hydrogens (tertiary/aromatic N) is 7. The fraction of sp³-hybridized carbons (Fsp3) is 0.435. The molecule has 1 aliphatic heterocycles. The molecule has 0 saturated carbocycles. The van der Waals surface area contributed by atoms with Crippen LogP contribution in [-0.2, 0) is 11.3 Å². The Balaban J connectivity index is 1.47. The number of alkyl halides is 3. The molecule has 1 N–H and O–H groups in total. The summed E-state index contributed by atoms with van der Waals surface area (Å²) < 4.78 is 50.8. The summed E-state index contributed by atoms with van der Waals surface area (Å²) in [6.45, 7) is 0.797. The van der Waals surface area contributed by atoms with E-state index >= 15 is 0 Å². The zero-order chi connectivity index (χ0) is 25.4. The average molecular weight is 503 g/mol. The van der Waals surface area contributed by atoms with Gasteiger partial charge in [-0.2, -0.15) is 4.98 Å². The Bertz CT molecular complexity index is 1420. The van der Waals surface area contributed by atoms with E-state index in [0.717, 1.165) is 21.5 Å². The lowest BCUT2D eigenvalue weighted by molar-refractivity contribution is -0.140. The highest BCUT2D eigenvalue weighted by molar-refractivity contribution is 5.89. The third-order valence-electron chi connectivity index (χ3n) is 6.35. The van der Waals surface area contributed by atoms with Gasteiger partial charge in [0.25, 0.3) is 5.92 Å². The molecule has 4 heterocycles. The number of benzene rings is 1. The number of nitrogens with one attached hydrogen (secondary N) is 1. The van der Waals surface area contributed by atoms with Crippen molar-refractivity contribution in [3.63, 3.8) is 0 Å². The molecule has 1 amide bonds. The highest BCUT2D eigenvalue weighted by Gasteiger charge is 2.45. The fourth-order valence-electron chi connectivity index (χ4n) is 4.48. The fourth-order valence-corrected chi connectivity index (χ4v) is 4.48. The smallest absolute Gasteiger partial charge is 0.285 e. The first-order chi connectivity index (χ1) is 17.3. The lowest BCUT2D eigenvalue weighted by Crippen LogP contribution is -2.55. The van der Waals surface area contributed by atoms with Crippen molar-refractivity contribution >= 4 is 28.4 Å². The second kappa shape index (κ2) is 9.28. The molecule has 10 nitrogen and oxygen atoms in total. The van der Waals surface area contributed by atoms with Gasteiger partial charge in [0, 0.05) is 31.8 Å². The largest absolute Gasteiger partial charge is 0.479 e. The second-order valence-electron chi connectivity index (χ2n) is 8.71. The van der Waals surface area contributed by atoms with Gasteiger partial charge in [0.2, 0.25) is 17.7 Å². The number of anilines is 1. The summed E-state index contributed by atoms with van der Waals surface area (Å²) in [6, 6.07) is 6.20. The van der Waals surface area contributed by atoms with Crippen LogP contribution in [0.4, 0.5) is 19.1 Å². The van der Waals surface area contributed by atoms with E-state index < -0.39 is 25.2 Å². The number of methoxy groups -OCH3 is 1. The molecule has 1 aromatic carbocycles. The van der Waals surface area contributed by atoms with E-state index in [1.54, 1.807) is 10.9 Å². The number of halogens is 3. The summed E-state index contributed by atoms with van der Waals surface area (Å²) in [5, 5.41) is 15.3. The lowest BCUT2D eigenvalue weighted by Gasteiger charge is -2.38. The minimum atomic E-state index is -3.15. The number of amides is 1. The Hall–Kier alpha value is -3.90. The van der Waals surface area contributed by atoms with E-state index in [-0.39, 0.29) is 30.7 Å². The molecule has 36 heavy (non-hydrogen) atoms. The van der Waals surface area contributed by atoms with Gasteiger partial charge in [0.15, 0.2) is 0 Å². The minimum absolute atomic E-state index is 0.00796. The lowest BCUT2D eigenvalue weighted by atomic mass is 10.0. The average Bonchev–Trinajstić information content (AvgIpc) is 3.46. The van der Waals surface area contributed by atoms with Crippen LogP contribution in [0.15, 0.2) is 30.5 Å². The van der Waals surface area contributed by atoms with Crippen molar-refractivity contribution in [3.05, 3.63) is 30.5 Å². The molecule has 1 aliphatic rings. The maximum atomic E-state index is 14.7. The summed E-state index contributed by atoms with van der Waals surface area (Å²) in [4.78, 5) is 17.0. The van der Waals surface area contributed by atoms with Crippen LogP contribution in [0.1, 0.15) is 19.8 Å². The number of rotatable bonds is 7. The maximum absolute atomic E-state index is 14.7. The molecule has 0 aliphatic carbocycles. The Morgan fingerprint density at radius 1 is 1.31 bits per heavy atom. The maximum Gasteiger partial charge on any atom is 0.285 e. The van der Waals surface area contributed by atoms with Crippen molar-refractivity contribution in [2.24, 2.45) is 0 Å². The van der Waals surface area contributed by atoms with Crippen molar-refractivity contribution in [2.75, 3.05) is 32.2 Å². The standard InChI is InChI=1S/C23H25F3N8O2/c1-14(35)32-10-7-19(23(25,26)13-32)27-22-28-21(36-2)20-16(6-11-34(20)30-22)15-4-5-17-18(12-15)33(31-29-17)9-3-8-24/h4-6,11-12,19H,3,7-10,13H2,1-2H3,(H,27,30)/t19-/m1/s1. The van der Waals surface area contributed by atoms with E-state index in [4.69, 9.17) is 4.74 Å². The van der Waals surface area contributed by atoms with Crippen molar-refractivity contribution in [2.45, 2.75) is 38.3 Å². The number of piperidine rings is 1. The molecule has 1 saturated heterocycles. The number of aryl methyl sites for hydroxylation is 1. The first-order valence-corrected chi connectivity index (χ1v) is 11.5. The Morgan fingerprint density at radius 2 is 2.14 bits per heavy atom. The molecule has 1 fully saturated rings. The normalized spacial score (nSPS) is 17.6. The number of hydrogen-bond acceptors (Lipinski definition) is 7. The van der Waals surface area contributed by atoms with Crippen LogP contribution in [0.5, 0.6) is 5.88 Å². The molecular formula is C23H25F3N8O2. The van der Waals surface area contributed by atoms with Crippen LogP contribution in [0.3, 0.4) is 0 Å². The highest BCUT2D eigenvalue weighted by atomic mass is 19.3. The third kappa shape index (κ3) is 4.29. The molecule has 13 heteroatoms. The van der Waals surface area contributed by atoms with Crippen LogP contribution in [0.25, 0.3) is 27.7 Å². The molecule has 0 bridgehead atoms. The number of carbonyl (C=O) groups excluding carboxylic acids is 1. The van der Waals surface area contributed by atoms with Gasteiger partial charge in [-0.1, -0.05) is 11.3 Å². The van der Waals surface area contributed by atoms with Gasteiger partial charge >= 0.3 is 0 Å². The van der Waals surface area contributed by atoms with Crippen LogP contribution in [0.2, 0.25) is 0 Å². The second-order valence-corrected chi connectivity index (χ2v) is 8.71. The zero-order valence-electron chi connectivity index (χ0n) is 19.8. The molecule has 3 aromatic heterocycles. The molecule has 5 rings (SSSR count). The molecule has 4 aromatic rings. The SMILES string of the molecule is COc1nc(N[C@@H]2CCN(C(C)=O)CC2(F)F)nn2ccc(-c3ccc4nnn(CCCF)c4c3)c12. The van der Waals surface area contributed by atoms with Crippen molar-refractivity contribution in [3.8, 4) is 17.0 Å². The van der Waals surface area contributed by atoms with Crippen LogP contribution < -0.4 is 10.1 Å². The predicted octanol–water partition coefficient (Wildman–Crippen LogP) is 3.18. The first-order valence-electron chi connectivity index (χ1n) is 11.5. The molecule has 190 valence electrons. The van der Waals surface area contributed by atoms with E-state index in [9.17, 15) is 18.0 Å². The number of aromatic nitrogens is 6. The Labute approximate surface area is 204 Å². The highest BCUT2D eigenvalue weighted by Crippen LogP contribution is 2.34. The van der Waals surface area contributed by atoms with Crippen molar-refractivity contribution < 1.29 is 22.7 Å². The van der Waals surface area contributed by atoms with Gasteiger partial charge in [-0.3, -0.25) is 9.18 Å². The van der Waals surface area contributed by atoms with E-state index in [1.165, 1.54) is 18.5 Å². The van der Waals surface area contributed by atoms with Gasteiger partial charge in [0.1, 0.15) is 11.0 Å². The number of fused-ring (bicyclic) bond motifs is 2. The number of hydrogen-bond donors (Lipinski definition) is 1. The molecular weight excluding hydrogens is 477 g/mol.